The van der Waals surface area contributed by atoms with Crippen LogP contribution in [-0.4, -0.2) is 23.9 Å². The van der Waals surface area contributed by atoms with Crippen molar-refractivity contribution in [3.05, 3.63) is 34.3 Å². The number of hydrogen-bond donors (Lipinski definition) is 1. The molecule has 0 saturated heterocycles. The molecular weight excluding hydrogens is 290 g/mol. The fraction of sp³-hybridized carbons (Fsp3) is 0.357. The van der Waals surface area contributed by atoms with Gasteiger partial charge >= 0.3 is 0 Å². The van der Waals surface area contributed by atoms with Crippen LogP contribution < -0.4 is 5.73 Å². The molecular formula is C14H16BrN3. The number of hydrogen-bond acceptors (Lipinski definition) is 1. The Morgan fingerprint density at radius 1 is 1.50 bits per heavy atom. The number of guanidine groups is 1. The predicted octanol–water partition coefficient (Wildman–Crippen LogP) is 2.53. The molecule has 0 bridgehead atoms. The lowest BCUT2D eigenvalue weighted by Gasteiger charge is -2.18. The van der Waals surface area contributed by atoms with E-state index in [0.29, 0.717) is 12.0 Å². The van der Waals surface area contributed by atoms with Gasteiger partial charge in [-0.1, -0.05) is 34.0 Å². The Hall–Kier alpha value is -1.47. The summed E-state index contributed by atoms with van der Waals surface area (Å²) in [6, 6.07) is 8.05. The molecule has 0 spiro atoms. The van der Waals surface area contributed by atoms with Crippen LogP contribution in [0.4, 0.5) is 0 Å². The SMILES string of the molecule is C#CC(N=C(N)N(C)C1CC1)c1ccc(Br)cc1. The highest BCUT2D eigenvalue weighted by Gasteiger charge is 2.27. The molecule has 0 amide bonds. The molecule has 94 valence electrons. The molecule has 0 radical (unpaired) electrons. The minimum atomic E-state index is -0.320. The van der Waals surface area contributed by atoms with E-state index in [9.17, 15) is 0 Å². The van der Waals surface area contributed by atoms with Gasteiger partial charge in [0.15, 0.2) is 5.96 Å². The van der Waals surface area contributed by atoms with Crippen molar-refractivity contribution in [3.63, 3.8) is 0 Å². The Kier molecular flexibility index (Phi) is 3.93. The zero-order chi connectivity index (χ0) is 13.1. The number of benzene rings is 1. The maximum Gasteiger partial charge on any atom is 0.192 e. The van der Waals surface area contributed by atoms with Crippen molar-refractivity contribution in [2.24, 2.45) is 10.7 Å². The third kappa shape index (κ3) is 3.05. The van der Waals surface area contributed by atoms with E-state index in [0.717, 1.165) is 10.0 Å². The van der Waals surface area contributed by atoms with Crippen molar-refractivity contribution in [2.45, 2.75) is 24.9 Å². The topological polar surface area (TPSA) is 41.6 Å². The number of nitrogens with zero attached hydrogens (tertiary/aromatic N) is 2. The van der Waals surface area contributed by atoms with Crippen LogP contribution in [0, 0.1) is 12.3 Å². The van der Waals surface area contributed by atoms with Crippen LogP contribution in [0.5, 0.6) is 0 Å². The molecule has 18 heavy (non-hydrogen) atoms. The molecule has 3 nitrogen and oxygen atoms in total. The first-order valence-electron chi connectivity index (χ1n) is 5.89. The van der Waals surface area contributed by atoms with Crippen LogP contribution in [-0.2, 0) is 0 Å². The highest BCUT2D eigenvalue weighted by molar-refractivity contribution is 9.10. The normalized spacial score (nSPS) is 17.1. The lowest BCUT2D eigenvalue weighted by Crippen LogP contribution is -2.36. The molecule has 1 saturated carbocycles. The monoisotopic (exact) mass is 305 g/mol. The van der Waals surface area contributed by atoms with Gasteiger partial charge in [0.25, 0.3) is 0 Å². The van der Waals surface area contributed by atoms with Crippen LogP contribution in [0.15, 0.2) is 33.7 Å². The van der Waals surface area contributed by atoms with Crippen LogP contribution in [0.3, 0.4) is 0 Å². The molecule has 1 aliphatic rings. The third-order valence-electron chi connectivity index (χ3n) is 3.06. The molecule has 2 N–H and O–H groups in total. The summed E-state index contributed by atoms with van der Waals surface area (Å²) in [4.78, 5) is 6.43. The summed E-state index contributed by atoms with van der Waals surface area (Å²) < 4.78 is 1.02. The largest absolute Gasteiger partial charge is 0.370 e. The number of terminal acetylenes is 1. The summed E-state index contributed by atoms with van der Waals surface area (Å²) in [5.41, 5.74) is 6.95. The highest BCUT2D eigenvalue weighted by atomic mass is 79.9. The summed E-state index contributed by atoms with van der Waals surface area (Å²) in [6.45, 7) is 0. The zero-order valence-electron chi connectivity index (χ0n) is 10.3. The van der Waals surface area contributed by atoms with Gasteiger partial charge in [0.2, 0.25) is 0 Å². The minimum absolute atomic E-state index is 0.320. The van der Waals surface area contributed by atoms with E-state index < -0.39 is 0 Å². The Balaban J connectivity index is 2.16. The van der Waals surface area contributed by atoms with Gasteiger partial charge < -0.3 is 10.6 Å². The maximum absolute atomic E-state index is 5.97. The standard InChI is InChI=1S/C14H16BrN3/c1-3-13(10-4-6-11(15)7-5-10)17-14(16)18(2)12-8-9-12/h1,4-7,12-13H,8-9H2,2H3,(H2,16,17). The molecule has 1 fully saturated rings. The first kappa shape index (κ1) is 13.0. The van der Waals surface area contributed by atoms with Gasteiger partial charge in [-0.3, -0.25) is 0 Å². The van der Waals surface area contributed by atoms with Gasteiger partial charge in [0, 0.05) is 17.6 Å². The van der Waals surface area contributed by atoms with Crippen molar-refractivity contribution in [2.75, 3.05) is 7.05 Å². The molecule has 1 aliphatic carbocycles. The molecule has 1 unspecified atom stereocenters. The smallest absolute Gasteiger partial charge is 0.192 e. The summed E-state index contributed by atoms with van der Waals surface area (Å²) in [5.74, 6) is 3.19. The van der Waals surface area contributed by atoms with Crippen molar-refractivity contribution in [3.8, 4) is 12.3 Å². The van der Waals surface area contributed by atoms with Gasteiger partial charge in [-0.05, 0) is 30.5 Å². The van der Waals surface area contributed by atoms with E-state index in [1.54, 1.807) is 0 Å². The lowest BCUT2D eigenvalue weighted by molar-refractivity contribution is 0.486. The quantitative estimate of drug-likeness (QED) is 0.530. The van der Waals surface area contributed by atoms with Crippen molar-refractivity contribution in [1.82, 2.24) is 4.90 Å². The first-order chi connectivity index (χ1) is 8.61. The van der Waals surface area contributed by atoms with Crippen LogP contribution in [0.2, 0.25) is 0 Å². The summed E-state index contributed by atoms with van der Waals surface area (Å²) >= 11 is 3.40. The molecule has 0 aliphatic heterocycles. The second kappa shape index (κ2) is 5.45. The number of aliphatic imine (C=N–C) groups is 1. The molecule has 0 heterocycles. The molecule has 2 rings (SSSR count). The van der Waals surface area contributed by atoms with Crippen LogP contribution in [0.25, 0.3) is 0 Å². The van der Waals surface area contributed by atoms with Crippen molar-refractivity contribution in [1.29, 1.82) is 0 Å². The van der Waals surface area contributed by atoms with E-state index in [1.807, 2.05) is 36.2 Å². The second-order valence-corrected chi connectivity index (χ2v) is 5.37. The average Bonchev–Trinajstić information content (AvgIpc) is 3.20. The minimum Gasteiger partial charge on any atom is -0.370 e. The summed E-state index contributed by atoms with van der Waals surface area (Å²) in [5, 5.41) is 0. The molecule has 1 aromatic carbocycles. The Bertz CT molecular complexity index is 483. The van der Waals surface area contributed by atoms with Crippen LogP contribution in [0.1, 0.15) is 24.4 Å². The molecule has 1 atom stereocenters. The number of rotatable bonds is 3. The van der Waals surface area contributed by atoms with Gasteiger partial charge in [-0.15, -0.1) is 6.42 Å². The van der Waals surface area contributed by atoms with Crippen molar-refractivity contribution >= 4 is 21.9 Å². The van der Waals surface area contributed by atoms with Gasteiger partial charge in [0.05, 0.1) is 0 Å². The molecule has 4 heteroatoms. The van der Waals surface area contributed by atoms with Crippen molar-refractivity contribution < 1.29 is 0 Å². The lowest BCUT2D eigenvalue weighted by atomic mass is 10.1. The second-order valence-electron chi connectivity index (χ2n) is 4.45. The fourth-order valence-electron chi connectivity index (χ4n) is 1.73. The Labute approximate surface area is 116 Å². The van der Waals surface area contributed by atoms with Gasteiger partial charge in [-0.2, -0.15) is 0 Å². The van der Waals surface area contributed by atoms with E-state index in [1.165, 1.54) is 12.8 Å². The highest BCUT2D eigenvalue weighted by Crippen LogP contribution is 2.26. The van der Waals surface area contributed by atoms with E-state index in [-0.39, 0.29) is 6.04 Å². The maximum atomic E-state index is 5.97. The molecule has 0 aromatic heterocycles. The number of nitrogens with two attached hydrogens (primary N) is 1. The van der Waals surface area contributed by atoms with E-state index in [4.69, 9.17) is 12.2 Å². The summed E-state index contributed by atoms with van der Waals surface area (Å²) in [6.07, 6.45) is 7.91. The number of halogens is 1. The van der Waals surface area contributed by atoms with Crippen LogP contribution >= 0.6 is 15.9 Å². The molecule has 1 aromatic rings. The average molecular weight is 306 g/mol. The Morgan fingerprint density at radius 3 is 2.61 bits per heavy atom. The van der Waals surface area contributed by atoms with E-state index in [2.05, 4.69) is 26.8 Å². The first-order valence-corrected chi connectivity index (χ1v) is 6.69. The Morgan fingerprint density at radius 2 is 2.11 bits per heavy atom. The predicted molar refractivity (Wildman–Crippen MR) is 78.1 cm³/mol. The zero-order valence-corrected chi connectivity index (χ0v) is 11.9. The van der Waals surface area contributed by atoms with Gasteiger partial charge in [-0.25, -0.2) is 4.99 Å². The summed E-state index contributed by atoms with van der Waals surface area (Å²) in [7, 11) is 1.96. The van der Waals surface area contributed by atoms with Gasteiger partial charge in [0.1, 0.15) is 6.04 Å². The fourth-order valence-corrected chi connectivity index (χ4v) is 1.99. The third-order valence-corrected chi connectivity index (χ3v) is 3.59. The van der Waals surface area contributed by atoms with E-state index >= 15 is 0 Å².